The first-order valence-electron chi connectivity index (χ1n) is 12.1. The summed E-state index contributed by atoms with van der Waals surface area (Å²) >= 11 is 0. The summed E-state index contributed by atoms with van der Waals surface area (Å²) in [6.45, 7) is 1.30. The fourth-order valence-electron chi connectivity index (χ4n) is 5.25. The van der Waals surface area contributed by atoms with E-state index in [1.807, 2.05) is 29.2 Å². The van der Waals surface area contributed by atoms with E-state index in [0.717, 1.165) is 23.3 Å². The Balaban J connectivity index is 1.37. The van der Waals surface area contributed by atoms with Crippen LogP contribution in [0, 0.1) is 0 Å². The number of benzene rings is 2. The molecule has 0 bridgehead atoms. The molecule has 3 fully saturated rings. The van der Waals surface area contributed by atoms with Crippen molar-refractivity contribution in [2.75, 3.05) is 33.0 Å². The Labute approximate surface area is 202 Å². The number of carbonyl (C=O) groups excluding carboxylic acids is 1. The first-order valence-corrected chi connectivity index (χ1v) is 13.9. The fourth-order valence-corrected chi connectivity index (χ4v) is 6.10. The van der Waals surface area contributed by atoms with Gasteiger partial charge in [-0.1, -0.05) is 36.4 Å². The molecule has 2 aliphatic heterocycles. The van der Waals surface area contributed by atoms with Crippen molar-refractivity contribution in [3.63, 3.8) is 0 Å². The van der Waals surface area contributed by atoms with Crippen molar-refractivity contribution in [1.29, 1.82) is 0 Å². The van der Waals surface area contributed by atoms with E-state index in [9.17, 15) is 13.2 Å². The highest BCUT2D eigenvalue weighted by atomic mass is 32.2. The van der Waals surface area contributed by atoms with Crippen LogP contribution in [0.3, 0.4) is 0 Å². The van der Waals surface area contributed by atoms with Gasteiger partial charge in [0.05, 0.1) is 13.4 Å². The molecule has 2 aromatic rings. The molecule has 182 valence electrons. The molecule has 2 aromatic carbocycles. The molecular weight excluding hydrogens is 450 g/mol. The number of ether oxygens (including phenoxy) is 1. The van der Waals surface area contributed by atoms with E-state index < -0.39 is 15.6 Å². The number of hydrogen-bond acceptors (Lipinski definition) is 5. The van der Waals surface area contributed by atoms with Gasteiger partial charge in [-0.3, -0.25) is 10.1 Å². The summed E-state index contributed by atoms with van der Waals surface area (Å²) in [5.41, 5.74) is 2.87. The molecule has 0 aromatic heterocycles. The number of piperidine rings is 1. The summed E-state index contributed by atoms with van der Waals surface area (Å²) < 4.78 is 30.8. The van der Waals surface area contributed by atoms with E-state index >= 15 is 0 Å². The standard InChI is InChI=1S/C26H33N3O4S/c1-33-23-11-3-19(4-12-23)13-16-29-24(22-9-7-21(8-10-22)20-5-6-20)27-26(25(29)30)14-17-28(18-15-26)34(2,31)32/h3-4,7-12,20,24,27H,5-6,13-18H2,1-2H3. The van der Waals surface area contributed by atoms with Crippen LogP contribution >= 0.6 is 0 Å². The van der Waals surface area contributed by atoms with Crippen molar-refractivity contribution >= 4 is 15.9 Å². The maximum Gasteiger partial charge on any atom is 0.244 e. The van der Waals surface area contributed by atoms with Crippen molar-refractivity contribution in [3.8, 4) is 5.75 Å². The van der Waals surface area contributed by atoms with Crippen LogP contribution in [-0.2, 0) is 21.2 Å². The Hall–Kier alpha value is -2.42. The van der Waals surface area contributed by atoms with Gasteiger partial charge in [0.25, 0.3) is 0 Å². The topological polar surface area (TPSA) is 79.0 Å². The first kappa shape index (κ1) is 23.3. The highest BCUT2D eigenvalue weighted by Crippen LogP contribution is 2.41. The molecule has 34 heavy (non-hydrogen) atoms. The van der Waals surface area contributed by atoms with Gasteiger partial charge in [-0.05, 0) is 66.8 Å². The number of hydrogen-bond donors (Lipinski definition) is 1. The van der Waals surface area contributed by atoms with Crippen LogP contribution in [0.15, 0.2) is 48.5 Å². The molecule has 8 heteroatoms. The van der Waals surface area contributed by atoms with Crippen LogP contribution in [0.1, 0.15) is 54.5 Å². The number of methoxy groups -OCH3 is 1. The van der Waals surface area contributed by atoms with E-state index in [2.05, 4.69) is 29.6 Å². The highest BCUT2D eigenvalue weighted by Gasteiger charge is 2.53. The molecule has 0 radical (unpaired) electrons. The van der Waals surface area contributed by atoms with E-state index in [4.69, 9.17) is 4.74 Å². The summed E-state index contributed by atoms with van der Waals surface area (Å²) in [6, 6.07) is 16.6. The van der Waals surface area contributed by atoms with E-state index in [0.29, 0.717) is 38.4 Å². The minimum Gasteiger partial charge on any atom is -0.497 e. The molecule has 1 unspecified atom stereocenters. The van der Waals surface area contributed by atoms with Crippen molar-refractivity contribution in [1.82, 2.24) is 14.5 Å². The second-order valence-electron chi connectivity index (χ2n) is 9.83. The molecule has 3 aliphatic rings. The van der Waals surface area contributed by atoms with Crippen LogP contribution in [0.4, 0.5) is 0 Å². The average molecular weight is 484 g/mol. The quantitative estimate of drug-likeness (QED) is 0.655. The summed E-state index contributed by atoms with van der Waals surface area (Å²) in [7, 11) is -1.61. The van der Waals surface area contributed by atoms with Gasteiger partial charge in [-0.25, -0.2) is 12.7 Å². The molecule has 1 spiro atoms. The van der Waals surface area contributed by atoms with Gasteiger partial charge in [-0.2, -0.15) is 0 Å². The predicted octanol–water partition coefficient (Wildman–Crippen LogP) is 3.04. The largest absolute Gasteiger partial charge is 0.497 e. The van der Waals surface area contributed by atoms with E-state index in [-0.39, 0.29) is 12.1 Å². The van der Waals surface area contributed by atoms with Crippen molar-refractivity contribution in [3.05, 3.63) is 65.2 Å². The zero-order chi connectivity index (χ0) is 23.9. The molecule has 5 rings (SSSR count). The summed E-state index contributed by atoms with van der Waals surface area (Å²) in [6.07, 6.45) is 5.23. The van der Waals surface area contributed by atoms with Crippen LogP contribution < -0.4 is 10.1 Å². The molecule has 1 amide bonds. The van der Waals surface area contributed by atoms with Crippen LogP contribution in [-0.4, -0.2) is 62.1 Å². The lowest BCUT2D eigenvalue weighted by molar-refractivity contribution is -0.134. The number of carbonyl (C=O) groups is 1. The van der Waals surface area contributed by atoms with Crippen LogP contribution in [0.25, 0.3) is 0 Å². The third-order valence-electron chi connectivity index (χ3n) is 7.54. The molecule has 2 heterocycles. The van der Waals surface area contributed by atoms with Gasteiger partial charge in [0.15, 0.2) is 0 Å². The maximum absolute atomic E-state index is 13.8. The Morgan fingerprint density at radius 2 is 1.62 bits per heavy atom. The third-order valence-corrected chi connectivity index (χ3v) is 8.84. The number of sulfonamides is 1. The van der Waals surface area contributed by atoms with Crippen molar-refractivity contribution < 1.29 is 17.9 Å². The Morgan fingerprint density at radius 3 is 2.18 bits per heavy atom. The number of nitrogens with one attached hydrogen (secondary N) is 1. The monoisotopic (exact) mass is 483 g/mol. The Morgan fingerprint density at radius 1 is 1.00 bits per heavy atom. The third kappa shape index (κ3) is 4.59. The van der Waals surface area contributed by atoms with Gasteiger partial charge < -0.3 is 9.64 Å². The summed E-state index contributed by atoms with van der Waals surface area (Å²) in [4.78, 5) is 15.8. The SMILES string of the molecule is COc1ccc(CCN2C(=O)C3(CCN(S(C)(=O)=O)CC3)NC2c2ccc(C3CC3)cc2)cc1. The molecule has 1 N–H and O–H groups in total. The zero-order valence-electron chi connectivity index (χ0n) is 19.9. The van der Waals surface area contributed by atoms with Crippen LogP contribution in [0.5, 0.6) is 5.75 Å². The zero-order valence-corrected chi connectivity index (χ0v) is 20.7. The Bertz CT molecular complexity index is 1140. The van der Waals surface area contributed by atoms with Crippen molar-refractivity contribution in [2.24, 2.45) is 0 Å². The number of rotatable bonds is 7. The lowest BCUT2D eigenvalue weighted by Gasteiger charge is -2.36. The lowest BCUT2D eigenvalue weighted by atomic mass is 9.88. The van der Waals surface area contributed by atoms with Gasteiger partial charge in [0.1, 0.15) is 17.5 Å². The minimum absolute atomic E-state index is 0.0745. The second kappa shape index (κ2) is 8.98. The molecule has 7 nitrogen and oxygen atoms in total. The predicted molar refractivity (Wildman–Crippen MR) is 131 cm³/mol. The van der Waals surface area contributed by atoms with Gasteiger partial charge in [0.2, 0.25) is 15.9 Å². The Kier molecular flexibility index (Phi) is 6.16. The highest BCUT2D eigenvalue weighted by molar-refractivity contribution is 7.88. The lowest BCUT2D eigenvalue weighted by Crippen LogP contribution is -2.55. The van der Waals surface area contributed by atoms with Crippen LogP contribution in [0.2, 0.25) is 0 Å². The normalized spacial score (nSPS) is 22.9. The molecule has 1 atom stereocenters. The van der Waals surface area contributed by atoms with Gasteiger partial charge in [0, 0.05) is 19.6 Å². The molecule has 1 saturated carbocycles. The number of amides is 1. The fraction of sp³-hybridized carbons (Fsp3) is 0.500. The van der Waals surface area contributed by atoms with E-state index in [1.165, 1.54) is 29.0 Å². The van der Waals surface area contributed by atoms with Crippen molar-refractivity contribution in [2.45, 2.75) is 49.7 Å². The smallest absolute Gasteiger partial charge is 0.244 e. The first-order chi connectivity index (χ1) is 16.3. The minimum atomic E-state index is -3.26. The van der Waals surface area contributed by atoms with Gasteiger partial charge >= 0.3 is 0 Å². The average Bonchev–Trinajstić information content (AvgIpc) is 3.65. The summed E-state index contributed by atoms with van der Waals surface area (Å²) in [5, 5.41) is 3.65. The molecule has 1 aliphatic carbocycles. The van der Waals surface area contributed by atoms with Gasteiger partial charge in [-0.15, -0.1) is 0 Å². The summed E-state index contributed by atoms with van der Waals surface area (Å²) in [5.74, 6) is 1.57. The second-order valence-corrected chi connectivity index (χ2v) is 11.8. The molecule has 2 saturated heterocycles. The maximum atomic E-state index is 13.8. The number of nitrogens with zero attached hydrogens (tertiary/aromatic N) is 2. The molecular formula is C26H33N3O4S. The van der Waals surface area contributed by atoms with E-state index in [1.54, 1.807) is 7.11 Å².